The standard InChI is InChI=1S/C22H25N5O2S/c28-20(12-14-6-2-1-3-7-14)24-19-13-17(18-10-5-11-30-18)26-27(19)22-23-16-9-4-8-15(16)21(29)25-22/h5,10-11,13-14H,1-4,6-9,12H2,(H,24,28)(H,23,25,29). The molecule has 3 heterocycles. The van der Waals surface area contributed by atoms with Crippen molar-refractivity contribution in [1.29, 1.82) is 0 Å². The molecule has 0 atom stereocenters. The normalized spacial score (nSPS) is 16.5. The first-order valence-corrected chi connectivity index (χ1v) is 11.6. The first kappa shape index (κ1) is 19.2. The van der Waals surface area contributed by atoms with Crippen LogP contribution in [-0.2, 0) is 17.6 Å². The van der Waals surface area contributed by atoms with Crippen LogP contribution in [0, 0.1) is 5.92 Å². The predicted molar refractivity (Wildman–Crippen MR) is 117 cm³/mol. The van der Waals surface area contributed by atoms with Crippen LogP contribution in [0.25, 0.3) is 16.5 Å². The van der Waals surface area contributed by atoms with Gasteiger partial charge in [0, 0.05) is 18.1 Å². The van der Waals surface area contributed by atoms with Crippen LogP contribution in [0.2, 0.25) is 0 Å². The lowest BCUT2D eigenvalue weighted by molar-refractivity contribution is -0.117. The summed E-state index contributed by atoms with van der Waals surface area (Å²) in [6.45, 7) is 0. The van der Waals surface area contributed by atoms with Crippen LogP contribution >= 0.6 is 11.3 Å². The van der Waals surface area contributed by atoms with Crippen LogP contribution in [0.1, 0.15) is 56.2 Å². The van der Waals surface area contributed by atoms with Gasteiger partial charge in [0.25, 0.3) is 5.56 Å². The number of aryl methyl sites for hydroxylation is 1. The van der Waals surface area contributed by atoms with Crippen molar-refractivity contribution >= 4 is 23.1 Å². The minimum atomic E-state index is -0.111. The number of H-pyrrole nitrogens is 1. The van der Waals surface area contributed by atoms with Crippen LogP contribution < -0.4 is 10.9 Å². The van der Waals surface area contributed by atoms with E-state index in [4.69, 9.17) is 0 Å². The molecule has 0 unspecified atom stereocenters. The van der Waals surface area contributed by atoms with Gasteiger partial charge in [0.2, 0.25) is 11.9 Å². The van der Waals surface area contributed by atoms with Gasteiger partial charge in [-0.05, 0) is 49.5 Å². The Morgan fingerprint density at radius 2 is 2.10 bits per heavy atom. The van der Waals surface area contributed by atoms with Crippen molar-refractivity contribution < 1.29 is 4.79 Å². The number of carbonyl (C=O) groups excluding carboxylic acids is 1. The third-order valence-corrected chi connectivity index (χ3v) is 6.97. The number of rotatable bonds is 5. The number of aromatic nitrogens is 4. The van der Waals surface area contributed by atoms with Crippen LogP contribution in [0.5, 0.6) is 0 Å². The van der Waals surface area contributed by atoms with Crippen molar-refractivity contribution in [3.05, 3.63) is 45.2 Å². The number of amides is 1. The van der Waals surface area contributed by atoms with E-state index in [1.165, 1.54) is 19.3 Å². The molecule has 0 aromatic carbocycles. The maximum absolute atomic E-state index is 12.8. The van der Waals surface area contributed by atoms with Crippen molar-refractivity contribution in [2.75, 3.05) is 5.32 Å². The molecule has 0 aliphatic heterocycles. The van der Waals surface area contributed by atoms with Crippen molar-refractivity contribution in [1.82, 2.24) is 19.7 Å². The van der Waals surface area contributed by atoms with Crippen molar-refractivity contribution in [3.63, 3.8) is 0 Å². The van der Waals surface area contributed by atoms with E-state index >= 15 is 0 Å². The molecule has 30 heavy (non-hydrogen) atoms. The Labute approximate surface area is 178 Å². The smallest absolute Gasteiger partial charge is 0.255 e. The molecule has 2 N–H and O–H groups in total. The maximum atomic E-state index is 12.8. The highest BCUT2D eigenvalue weighted by Gasteiger charge is 2.22. The van der Waals surface area contributed by atoms with Crippen molar-refractivity contribution in [2.24, 2.45) is 5.92 Å². The molecule has 3 aromatic rings. The van der Waals surface area contributed by atoms with E-state index in [9.17, 15) is 9.59 Å². The van der Waals surface area contributed by atoms with E-state index in [2.05, 4.69) is 20.4 Å². The molecular formula is C22H25N5O2S. The summed E-state index contributed by atoms with van der Waals surface area (Å²) in [5, 5.41) is 9.69. The second kappa shape index (κ2) is 8.18. The van der Waals surface area contributed by atoms with E-state index < -0.39 is 0 Å². The average molecular weight is 424 g/mol. The second-order valence-electron chi connectivity index (χ2n) is 8.23. The number of hydrogen-bond acceptors (Lipinski definition) is 5. The lowest BCUT2D eigenvalue weighted by Gasteiger charge is -2.20. The average Bonchev–Trinajstić information content (AvgIpc) is 3.49. The summed E-state index contributed by atoms with van der Waals surface area (Å²) < 4.78 is 1.56. The molecule has 0 spiro atoms. The molecular weight excluding hydrogens is 398 g/mol. The number of anilines is 1. The van der Waals surface area contributed by atoms with Crippen LogP contribution in [0.15, 0.2) is 28.4 Å². The fraction of sp³-hybridized carbons (Fsp3) is 0.455. The van der Waals surface area contributed by atoms with Gasteiger partial charge >= 0.3 is 0 Å². The minimum absolute atomic E-state index is 0.00992. The molecule has 8 heteroatoms. The molecule has 1 amide bonds. The molecule has 7 nitrogen and oxygen atoms in total. The van der Waals surface area contributed by atoms with E-state index in [0.717, 1.165) is 53.9 Å². The maximum Gasteiger partial charge on any atom is 0.255 e. The first-order chi connectivity index (χ1) is 14.7. The highest BCUT2D eigenvalue weighted by molar-refractivity contribution is 7.13. The van der Waals surface area contributed by atoms with Gasteiger partial charge in [-0.1, -0.05) is 25.3 Å². The number of aromatic amines is 1. The number of thiophene rings is 1. The van der Waals surface area contributed by atoms with E-state index in [1.807, 2.05) is 23.6 Å². The molecule has 2 aliphatic carbocycles. The van der Waals surface area contributed by atoms with Gasteiger partial charge in [0.05, 0.1) is 10.6 Å². The van der Waals surface area contributed by atoms with Gasteiger partial charge in [-0.3, -0.25) is 14.6 Å². The van der Waals surface area contributed by atoms with Gasteiger partial charge in [0.1, 0.15) is 11.5 Å². The Morgan fingerprint density at radius 3 is 2.90 bits per heavy atom. The Morgan fingerprint density at radius 1 is 1.23 bits per heavy atom. The summed E-state index contributed by atoms with van der Waals surface area (Å²) in [5.41, 5.74) is 2.25. The van der Waals surface area contributed by atoms with Crippen molar-refractivity contribution in [2.45, 2.75) is 57.8 Å². The van der Waals surface area contributed by atoms with Gasteiger partial charge in [-0.25, -0.2) is 4.98 Å². The molecule has 2 aliphatic rings. The quantitative estimate of drug-likeness (QED) is 0.647. The monoisotopic (exact) mass is 423 g/mol. The summed E-state index contributed by atoms with van der Waals surface area (Å²) in [6, 6.07) is 5.82. The molecule has 3 aromatic heterocycles. The molecule has 0 bridgehead atoms. The Bertz CT molecular complexity index is 1110. The fourth-order valence-electron chi connectivity index (χ4n) is 4.55. The topological polar surface area (TPSA) is 92.7 Å². The lowest BCUT2D eigenvalue weighted by atomic mass is 9.87. The predicted octanol–water partition coefficient (Wildman–Crippen LogP) is 4.08. The third kappa shape index (κ3) is 3.84. The molecule has 156 valence electrons. The number of fused-ring (bicyclic) bond motifs is 1. The van der Waals surface area contributed by atoms with Crippen LogP contribution in [-0.4, -0.2) is 25.7 Å². The SMILES string of the molecule is O=C(CC1CCCCC1)Nc1cc(-c2cccs2)nn1-c1nc2c(c(=O)[nH]1)CCC2. The van der Waals surface area contributed by atoms with Crippen LogP contribution in [0.4, 0.5) is 5.82 Å². The zero-order chi connectivity index (χ0) is 20.5. The van der Waals surface area contributed by atoms with Gasteiger partial charge in [0.15, 0.2) is 0 Å². The summed E-state index contributed by atoms with van der Waals surface area (Å²) in [6.07, 6.45) is 8.95. The van der Waals surface area contributed by atoms with Crippen LogP contribution in [0.3, 0.4) is 0 Å². The van der Waals surface area contributed by atoms with Crippen molar-refractivity contribution in [3.8, 4) is 16.5 Å². The van der Waals surface area contributed by atoms with Gasteiger partial charge in [-0.15, -0.1) is 11.3 Å². The second-order valence-corrected chi connectivity index (χ2v) is 9.18. The van der Waals surface area contributed by atoms with E-state index in [1.54, 1.807) is 16.0 Å². The zero-order valence-corrected chi connectivity index (χ0v) is 17.6. The number of nitrogens with zero attached hydrogens (tertiary/aromatic N) is 3. The molecule has 0 radical (unpaired) electrons. The Hall–Kier alpha value is -2.74. The third-order valence-electron chi connectivity index (χ3n) is 6.08. The highest BCUT2D eigenvalue weighted by atomic mass is 32.1. The largest absolute Gasteiger partial charge is 0.310 e. The summed E-state index contributed by atoms with van der Waals surface area (Å²) in [4.78, 5) is 33.8. The zero-order valence-electron chi connectivity index (χ0n) is 16.8. The van der Waals surface area contributed by atoms with Gasteiger partial charge in [-0.2, -0.15) is 9.78 Å². The molecule has 5 rings (SSSR count). The van der Waals surface area contributed by atoms with Gasteiger partial charge < -0.3 is 5.32 Å². The molecule has 0 saturated heterocycles. The Kier molecular flexibility index (Phi) is 5.25. The summed E-state index contributed by atoms with van der Waals surface area (Å²) in [5.74, 6) is 1.34. The lowest BCUT2D eigenvalue weighted by Crippen LogP contribution is -2.22. The van der Waals surface area contributed by atoms with E-state index in [0.29, 0.717) is 24.1 Å². The molecule has 1 saturated carbocycles. The van der Waals surface area contributed by atoms with E-state index in [-0.39, 0.29) is 11.5 Å². The number of hydrogen-bond donors (Lipinski definition) is 2. The number of carbonyl (C=O) groups is 1. The number of nitrogens with one attached hydrogen (secondary N) is 2. The first-order valence-electron chi connectivity index (χ1n) is 10.7. The minimum Gasteiger partial charge on any atom is -0.310 e. The Balaban J connectivity index is 1.47. The highest BCUT2D eigenvalue weighted by Crippen LogP contribution is 2.29. The fourth-order valence-corrected chi connectivity index (χ4v) is 5.23. The molecule has 1 fully saturated rings. The summed E-state index contributed by atoms with van der Waals surface area (Å²) >= 11 is 1.58. The summed E-state index contributed by atoms with van der Waals surface area (Å²) in [7, 11) is 0.